The number of hydrogen-bond acceptors (Lipinski definition) is 5. The van der Waals surface area contributed by atoms with E-state index in [0.29, 0.717) is 27.6 Å². The van der Waals surface area contributed by atoms with Gasteiger partial charge >= 0.3 is 0 Å². The van der Waals surface area contributed by atoms with E-state index >= 15 is 0 Å². The second-order valence-corrected chi connectivity index (χ2v) is 9.00. The zero-order chi connectivity index (χ0) is 21.0. The van der Waals surface area contributed by atoms with Crippen LogP contribution in [-0.2, 0) is 11.3 Å². The summed E-state index contributed by atoms with van der Waals surface area (Å²) < 4.78 is 1.92. The molecule has 0 radical (unpaired) electrons. The Hall–Kier alpha value is -1.54. The van der Waals surface area contributed by atoms with Crippen molar-refractivity contribution in [3.05, 3.63) is 40.9 Å². The standard InChI is InChI=1S/C20H25Cl2N5OS/c1-4-8-27-18(16-7-6-15(21)13-17(16)22)23-24-20(27)29-14(3)19(28)26-11-9-25(5-2)10-12-26/h4,6-7,13-14H,1,5,8-12H2,2-3H3/t14-/m1/s1. The minimum Gasteiger partial charge on any atom is -0.339 e. The molecule has 6 nitrogen and oxygen atoms in total. The highest BCUT2D eigenvalue weighted by molar-refractivity contribution is 8.00. The molecule has 1 saturated heterocycles. The Morgan fingerprint density at radius 3 is 2.62 bits per heavy atom. The first kappa shape index (κ1) is 22.2. The van der Waals surface area contributed by atoms with E-state index < -0.39 is 0 Å². The molecular formula is C20H25Cl2N5OS. The molecular weight excluding hydrogens is 429 g/mol. The van der Waals surface area contributed by atoms with Gasteiger partial charge in [-0.25, -0.2) is 0 Å². The molecule has 1 atom stereocenters. The molecule has 1 aliphatic rings. The molecule has 1 aromatic heterocycles. The monoisotopic (exact) mass is 453 g/mol. The topological polar surface area (TPSA) is 54.3 Å². The number of aromatic nitrogens is 3. The van der Waals surface area contributed by atoms with Gasteiger partial charge in [0.2, 0.25) is 5.91 Å². The van der Waals surface area contributed by atoms with Crippen LogP contribution in [0.5, 0.6) is 0 Å². The van der Waals surface area contributed by atoms with Crippen LogP contribution in [-0.4, -0.2) is 68.4 Å². The molecule has 1 amide bonds. The highest BCUT2D eigenvalue weighted by Gasteiger charge is 2.27. The first-order chi connectivity index (χ1) is 13.9. The molecule has 2 heterocycles. The number of rotatable bonds is 7. The zero-order valence-electron chi connectivity index (χ0n) is 16.6. The van der Waals surface area contributed by atoms with E-state index in [4.69, 9.17) is 23.2 Å². The van der Waals surface area contributed by atoms with E-state index in [2.05, 4.69) is 28.6 Å². The number of piperazine rings is 1. The molecule has 1 fully saturated rings. The Labute approximate surface area is 185 Å². The largest absolute Gasteiger partial charge is 0.339 e. The highest BCUT2D eigenvalue weighted by atomic mass is 35.5. The summed E-state index contributed by atoms with van der Waals surface area (Å²) in [5.74, 6) is 0.759. The van der Waals surface area contributed by atoms with E-state index in [9.17, 15) is 4.79 Å². The van der Waals surface area contributed by atoms with Gasteiger partial charge in [-0.3, -0.25) is 9.36 Å². The number of hydrogen-bond donors (Lipinski definition) is 0. The number of allylic oxidation sites excluding steroid dienone is 1. The molecule has 3 rings (SSSR count). The van der Waals surface area contributed by atoms with Crippen molar-refractivity contribution in [1.29, 1.82) is 0 Å². The van der Waals surface area contributed by atoms with Gasteiger partial charge in [0.1, 0.15) is 0 Å². The normalized spacial score (nSPS) is 16.1. The first-order valence-corrected chi connectivity index (χ1v) is 11.3. The summed E-state index contributed by atoms with van der Waals surface area (Å²) in [6.07, 6.45) is 1.78. The summed E-state index contributed by atoms with van der Waals surface area (Å²) in [4.78, 5) is 17.2. The van der Waals surface area contributed by atoms with Crippen LogP contribution < -0.4 is 0 Å². The van der Waals surface area contributed by atoms with E-state index in [1.807, 2.05) is 22.5 Å². The number of likely N-dealkylation sites (N-methyl/N-ethyl adjacent to an activating group) is 1. The van der Waals surface area contributed by atoms with Crippen molar-refractivity contribution in [2.24, 2.45) is 0 Å². The summed E-state index contributed by atoms with van der Waals surface area (Å²) in [5.41, 5.74) is 0.743. The molecule has 1 aromatic carbocycles. The smallest absolute Gasteiger partial charge is 0.235 e. The van der Waals surface area contributed by atoms with Crippen LogP contribution in [0, 0.1) is 0 Å². The first-order valence-electron chi connectivity index (χ1n) is 9.61. The molecule has 9 heteroatoms. The second kappa shape index (κ2) is 9.98. The van der Waals surface area contributed by atoms with Crippen LogP contribution in [0.2, 0.25) is 10.0 Å². The van der Waals surface area contributed by atoms with Gasteiger partial charge in [0.15, 0.2) is 11.0 Å². The van der Waals surface area contributed by atoms with Gasteiger partial charge in [0, 0.05) is 43.3 Å². The minimum absolute atomic E-state index is 0.130. The number of benzene rings is 1. The van der Waals surface area contributed by atoms with Crippen LogP contribution in [0.3, 0.4) is 0 Å². The van der Waals surface area contributed by atoms with Crippen molar-refractivity contribution in [2.45, 2.75) is 30.8 Å². The fourth-order valence-corrected chi connectivity index (χ4v) is 4.73. The van der Waals surface area contributed by atoms with Crippen molar-refractivity contribution in [3.63, 3.8) is 0 Å². The maximum absolute atomic E-state index is 12.9. The van der Waals surface area contributed by atoms with Gasteiger partial charge in [-0.2, -0.15) is 0 Å². The molecule has 29 heavy (non-hydrogen) atoms. The van der Waals surface area contributed by atoms with Crippen LogP contribution in [0.1, 0.15) is 13.8 Å². The predicted molar refractivity (Wildman–Crippen MR) is 120 cm³/mol. The lowest BCUT2D eigenvalue weighted by Gasteiger charge is -2.35. The van der Waals surface area contributed by atoms with Gasteiger partial charge in [-0.15, -0.1) is 16.8 Å². The molecule has 2 aromatic rings. The molecule has 0 aliphatic carbocycles. The Balaban J connectivity index is 1.77. The molecule has 0 bridgehead atoms. The SMILES string of the molecule is C=CCn1c(S[C@H](C)C(=O)N2CCN(CC)CC2)nnc1-c1ccc(Cl)cc1Cl. The van der Waals surface area contributed by atoms with Crippen molar-refractivity contribution in [3.8, 4) is 11.4 Å². The Kier molecular flexibility index (Phi) is 7.62. The van der Waals surface area contributed by atoms with Crippen molar-refractivity contribution >= 4 is 40.9 Å². The van der Waals surface area contributed by atoms with Crippen LogP contribution in [0.15, 0.2) is 36.0 Å². The molecule has 0 spiro atoms. The molecule has 0 saturated carbocycles. The van der Waals surface area contributed by atoms with Gasteiger partial charge in [-0.05, 0) is 31.7 Å². The highest BCUT2D eigenvalue weighted by Crippen LogP contribution is 2.32. The second-order valence-electron chi connectivity index (χ2n) is 6.85. The average Bonchev–Trinajstić information content (AvgIpc) is 3.10. The summed E-state index contributed by atoms with van der Waals surface area (Å²) in [6, 6.07) is 5.27. The lowest BCUT2D eigenvalue weighted by Crippen LogP contribution is -2.50. The summed E-state index contributed by atoms with van der Waals surface area (Å²) in [5, 5.41) is 10.1. The number of carbonyl (C=O) groups is 1. The van der Waals surface area contributed by atoms with Crippen LogP contribution >= 0.6 is 35.0 Å². The summed E-state index contributed by atoms with van der Waals surface area (Å²) in [6.45, 7) is 12.8. The summed E-state index contributed by atoms with van der Waals surface area (Å²) >= 11 is 13.8. The van der Waals surface area contributed by atoms with E-state index in [1.54, 1.807) is 18.2 Å². The molecule has 0 N–H and O–H groups in total. The third kappa shape index (κ3) is 5.15. The Morgan fingerprint density at radius 2 is 2.00 bits per heavy atom. The number of halogens is 2. The third-order valence-electron chi connectivity index (χ3n) is 4.96. The molecule has 1 aliphatic heterocycles. The third-order valence-corrected chi connectivity index (χ3v) is 6.58. The maximum atomic E-state index is 12.9. The van der Waals surface area contributed by atoms with E-state index in [0.717, 1.165) is 38.3 Å². The lowest BCUT2D eigenvalue weighted by molar-refractivity contribution is -0.132. The predicted octanol–water partition coefficient (Wildman–Crippen LogP) is 4.08. The van der Waals surface area contributed by atoms with Crippen molar-refractivity contribution in [2.75, 3.05) is 32.7 Å². The number of carbonyl (C=O) groups excluding carboxylic acids is 1. The van der Waals surface area contributed by atoms with Crippen molar-refractivity contribution in [1.82, 2.24) is 24.6 Å². The van der Waals surface area contributed by atoms with Gasteiger partial charge in [0.05, 0.1) is 10.3 Å². The average molecular weight is 454 g/mol. The van der Waals surface area contributed by atoms with Crippen LogP contribution in [0.4, 0.5) is 0 Å². The fraction of sp³-hybridized carbons (Fsp3) is 0.450. The summed E-state index contributed by atoms with van der Waals surface area (Å²) in [7, 11) is 0. The Morgan fingerprint density at radius 1 is 1.28 bits per heavy atom. The van der Waals surface area contributed by atoms with E-state index in [1.165, 1.54) is 11.8 Å². The quantitative estimate of drug-likeness (QED) is 0.466. The number of nitrogens with zero attached hydrogens (tertiary/aromatic N) is 5. The minimum atomic E-state index is -0.260. The zero-order valence-corrected chi connectivity index (χ0v) is 19.0. The number of thioether (sulfide) groups is 1. The molecule has 156 valence electrons. The van der Waals surface area contributed by atoms with Gasteiger partial charge < -0.3 is 9.80 Å². The van der Waals surface area contributed by atoms with E-state index in [-0.39, 0.29) is 11.2 Å². The maximum Gasteiger partial charge on any atom is 0.235 e. The number of amides is 1. The van der Waals surface area contributed by atoms with Gasteiger partial charge in [0.25, 0.3) is 0 Å². The van der Waals surface area contributed by atoms with Crippen molar-refractivity contribution < 1.29 is 4.79 Å². The fourth-order valence-electron chi connectivity index (χ4n) is 3.29. The van der Waals surface area contributed by atoms with Gasteiger partial charge in [-0.1, -0.05) is 48.0 Å². The molecule has 0 unspecified atom stereocenters. The van der Waals surface area contributed by atoms with Crippen LogP contribution in [0.25, 0.3) is 11.4 Å². The lowest BCUT2D eigenvalue weighted by atomic mass is 10.2. The Bertz CT molecular complexity index is 880.